The molecular weight excluding hydrogens is 206 g/mol. The van der Waals surface area contributed by atoms with Crippen molar-refractivity contribution in [1.82, 2.24) is 5.43 Å². The smallest absolute Gasteiger partial charge is 0.329 e. The van der Waals surface area contributed by atoms with Crippen LogP contribution in [0.5, 0.6) is 0 Å². The Morgan fingerprint density at radius 2 is 2.00 bits per heavy atom. The van der Waals surface area contributed by atoms with Crippen molar-refractivity contribution in [1.29, 1.82) is 0 Å². The number of hydrazone groups is 1. The fourth-order valence-corrected chi connectivity index (χ4v) is 1.06. The van der Waals surface area contributed by atoms with Crippen LogP contribution < -0.4 is 11.2 Å². The van der Waals surface area contributed by atoms with Gasteiger partial charge in [0.25, 0.3) is 0 Å². The van der Waals surface area contributed by atoms with Gasteiger partial charge in [-0.15, -0.1) is 0 Å². The fraction of sp³-hybridized carbons (Fsp3) is 0.182. The van der Waals surface area contributed by atoms with Crippen LogP contribution in [0.3, 0.4) is 0 Å². The summed E-state index contributed by atoms with van der Waals surface area (Å²) in [4.78, 5) is 21.1. The van der Waals surface area contributed by atoms with E-state index in [9.17, 15) is 9.59 Å². The number of nitrogens with one attached hydrogen (secondary N) is 1. The minimum atomic E-state index is -1.06. The molecule has 1 rings (SSSR count). The molecule has 0 fully saturated rings. The lowest BCUT2D eigenvalue weighted by Crippen LogP contribution is -2.32. The molecule has 0 aliphatic heterocycles. The van der Waals surface area contributed by atoms with Crippen LogP contribution in [0.25, 0.3) is 0 Å². The summed E-state index contributed by atoms with van der Waals surface area (Å²) in [6, 6.07) is 7.69. The predicted octanol–water partition coefficient (Wildman–Crippen LogP) is 0.184. The molecule has 0 atom stereocenters. The first-order chi connectivity index (χ1) is 7.63. The van der Waals surface area contributed by atoms with E-state index >= 15 is 0 Å². The molecular formula is C11H13N3O2. The molecule has 0 aliphatic carbocycles. The van der Waals surface area contributed by atoms with Gasteiger partial charge in [-0.05, 0) is 17.5 Å². The maximum Gasteiger partial charge on any atom is 0.329 e. The van der Waals surface area contributed by atoms with Crippen molar-refractivity contribution in [2.75, 3.05) is 0 Å². The molecule has 5 heteroatoms. The zero-order valence-electron chi connectivity index (χ0n) is 8.93. The Morgan fingerprint density at radius 1 is 1.38 bits per heavy atom. The Kier molecular flexibility index (Phi) is 4.20. The SMILES string of the molecule is CCc1ccc(C=NNC(=O)C(N)=O)cc1. The summed E-state index contributed by atoms with van der Waals surface area (Å²) in [6.45, 7) is 2.07. The first-order valence-corrected chi connectivity index (χ1v) is 4.85. The molecule has 2 amide bonds. The number of benzene rings is 1. The highest BCUT2D eigenvalue weighted by Crippen LogP contribution is 2.02. The van der Waals surface area contributed by atoms with Crippen LogP contribution in [-0.4, -0.2) is 18.0 Å². The van der Waals surface area contributed by atoms with E-state index in [2.05, 4.69) is 12.0 Å². The molecule has 0 bridgehead atoms. The zero-order chi connectivity index (χ0) is 12.0. The second kappa shape index (κ2) is 5.65. The average molecular weight is 219 g/mol. The number of hydrogen-bond donors (Lipinski definition) is 2. The van der Waals surface area contributed by atoms with E-state index in [1.807, 2.05) is 29.7 Å². The first-order valence-electron chi connectivity index (χ1n) is 4.85. The summed E-state index contributed by atoms with van der Waals surface area (Å²) in [5.74, 6) is -1.99. The van der Waals surface area contributed by atoms with E-state index in [-0.39, 0.29) is 0 Å². The van der Waals surface area contributed by atoms with Crippen molar-refractivity contribution < 1.29 is 9.59 Å². The minimum Gasteiger partial charge on any atom is -0.361 e. The summed E-state index contributed by atoms with van der Waals surface area (Å²) in [7, 11) is 0. The minimum absolute atomic E-state index is 0.835. The lowest BCUT2D eigenvalue weighted by molar-refractivity contribution is -0.137. The molecule has 1 aromatic carbocycles. The molecule has 5 nitrogen and oxygen atoms in total. The van der Waals surface area contributed by atoms with Gasteiger partial charge in [-0.1, -0.05) is 31.2 Å². The van der Waals surface area contributed by atoms with Gasteiger partial charge in [0.15, 0.2) is 0 Å². The van der Waals surface area contributed by atoms with Gasteiger partial charge >= 0.3 is 11.8 Å². The molecule has 0 aliphatic rings. The number of hydrogen-bond acceptors (Lipinski definition) is 3. The zero-order valence-corrected chi connectivity index (χ0v) is 8.93. The number of aryl methyl sites for hydroxylation is 1. The Bertz CT molecular complexity index is 410. The van der Waals surface area contributed by atoms with Crippen molar-refractivity contribution in [3.63, 3.8) is 0 Å². The van der Waals surface area contributed by atoms with Gasteiger partial charge in [0.05, 0.1) is 6.21 Å². The van der Waals surface area contributed by atoms with Crippen LogP contribution in [0.15, 0.2) is 29.4 Å². The number of carbonyl (C=O) groups excluding carboxylic acids is 2. The maximum atomic E-state index is 10.7. The van der Waals surface area contributed by atoms with Crippen molar-refractivity contribution in [2.24, 2.45) is 10.8 Å². The van der Waals surface area contributed by atoms with Crippen molar-refractivity contribution in [2.45, 2.75) is 13.3 Å². The number of amides is 2. The Morgan fingerprint density at radius 3 is 2.50 bits per heavy atom. The van der Waals surface area contributed by atoms with Gasteiger partial charge in [-0.3, -0.25) is 9.59 Å². The van der Waals surface area contributed by atoms with Gasteiger partial charge < -0.3 is 5.73 Å². The predicted molar refractivity (Wildman–Crippen MR) is 60.8 cm³/mol. The number of nitrogens with zero attached hydrogens (tertiary/aromatic N) is 1. The van der Waals surface area contributed by atoms with Gasteiger partial charge in [-0.25, -0.2) is 5.43 Å². The van der Waals surface area contributed by atoms with Gasteiger partial charge in [0.1, 0.15) is 0 Å². The Balaban J connectivity index is 2.56. The quantitative estimate of drug-likeness (QED) is 0.432. The van der Waals surface area contributed by atoms with E-state index < -0.39 is 11.8 Å². The summed E-state index contributed by atoms with van der Waals surface area (Å²) in [5.41, 5.74) is 8.80. The third kappa shape index (κ3) is 3.53. The topological polar surface area (TPSA) is 84.6 Å². The van der Waals surface area contributed by atoms with E-state index in [0.29, 0.717) is 0 Å². The molecule has 0 heterocycles. The monoisotopic (exact) mass is 219 g/mol. The van der Waals surface area contributed by atoms with Crippen LogP contribution in [0, 0.1) is 0 Å². The van der Waals surface area contributed by atoms with Crippen LogP contribution in [-0.2, 0) is 16.0 Å². The molecule has 3 N–H and O–H groups in total. The summed E-state index contributed by atoms with van der Waals surface area (Å²) >= 11 is 0. The van der Waals surface area contributed by atoms with Gasteiger partial charge in [0.2, 0.25) is 0 Å². The normalized spacial score (nSPS) is 10.3. The average Bonchev–Trinajstić information content (AvgIpc) is 2.29. The third-order valence-electron chi connectivity index (χ3n) is 1.99. The number of primary amides is 1. The van der Waals surface area contributed by atoms with Crippen molar-refractivity contribution >= 4 is 18.0 Å². The third-order valence-corrected chi connectivity index (χ3v) is 1.99. The Hall–Kier alpha value is -2.17. The maximum absolute atomic E-state index is 10.7. The van der Waals surface area contributed by atoms with E-state index in [1.165, 1.54) is 11.8 Å². The summed E-state index contributed by atoms with van der Waals surface area (Å²) in [5, 5.41) is 3.59. The second-order valence-corrected chi connectivity index (χ2v) is 3.16. The molecule has 0 saturated carbocycles. The molecule has 0 saturated heterocycles. The molecule has 0 spiro atoms. The van der Waals surface area contributed by atoms with Crippen LogP contribution >= 0.6 is 0 Å². The van der Waals surface area contributed by atoms with Crippen molar-refractivity contribution in [3.8, 4) is 0 Å². The number of rotatable bonds is 3. The van der Waals surface area contributed by atoms with E-state index in [4.69, 9.17) is 5.73 Å². The molecule has 0 radical (unpaired) electrons. The standard InChI is InChI=1S/C11H13N3O2/c1-2-8-3-5-9(6-4-8)7-13-14-11(16)10(12)15/h3-7H,2H2,1H3,(H2,12,15)(H,14,16). The number of carbonyl (C=O) groups is 2. The lowest BCUT2D eigenvalue weighted by atomic mass is 10.1. The molecule has 16 heavy (non-hydrogen) atoms. The highest BCUT2D eigenvalue weighted by Gasteiger charge is 2.04. The van der Waals surface area contributed by atoms with E-state index in [0.717, 1.165) is 12.0 Å². The lowest BCUT2D eigenvalue weighted by Gasteiger charge is -1.97. The molecule has 0 aromatic heterocycles. The summed E-state index contributed by atoms with van der Waals surface area (Å²) in [6.07, 6.45) is 2.41. The first kappa shape index (κ1) is 11.9. The van der Waals surface area contributed by atoms with Crippen LogP contribution in [0.1, 0.15) is 18.1 Å². The summed E-state index contributed by atoms with van der Waals surface area (Å²) < 4.78 is 0. The highest BCUT2D eigenvalue weighted by atomic mass is 16.2. The van der Waals surface area contributed by atoms with Crippen LogP contribution in [0.2, 0.25) is 0 Å². The Labute approximate surface area is 93.3 Å². The highest BCUT2D eigenvalue weighted by molar-refractivity contribution is 6.34. The fourth-order valence-electron chi connectivity index (χ4n) is 1.06. The largest absolute Gasteiger partial charge is 0.361 e. The van der Waals surface area contributed by atoms with E-state index in [1.54, 1.807) is 0 Å². The number of nitrogens with two attached hydrogens (primary N) is 1. The molecule has 0 unspecified atom stereocenters. The van der Waals surface area contributed by atoms with Crippen molar-refractivity contribution in [3.05, 3.63) is 35.4 Å². The van der Waals surface area contributed by atoms with Crippen LogP contribution in [0.4, 0.5) is 0 Å². The van der Waals surface area contributed by atoms with Gasteiger partial charge in [-0.2, -0.15) is 5.10 Å². The molecule has 84 valence electrons. The van der Waals surface area contributed by atoms with Gasteiger partial charge in [0, 0.05) is 0 Å². The molecule has 1 aromatic rings. The second-order valence-electron chi connectivity index (χ2n) is 3.16.